The molecule has 0 saturated carbocycles. The maximum atomic E-state index is 6.29. The van der Waals surface area contributed by atoms with Gasteiger partial charge in [0.15, 0.2) is 7.62 Å². The Bertz CT molecular complexity index is 313. The van der Waals surface area contributed by atoms with Gasteiger partial charge in [0.1, 0.15) is 8.35 Å². The molecule has 0 N–H and O–H groups in total. The Labute approximate surface area is 92.9 Å². The van der Waals surface area contributed by atoms with Gasteiger partial charge in [-0.25, -0.2) is 0 Å². The molecule has 0 heterocycles. The summed E-state index contributed by atoms with van der Waals surface area (Å²) in [6, 6.07) is 4.32. The van der Waals surface area contributed by atoms with Crippen LogP contribution in [0.5, 0.6) is 0 Å². The first-order valence-electron chi connectivity index (χ1n) is 4.34. The lowest BCUT2D eigenvalue weighted by Crippen LogP contribution is -2.31. The molecule has 4 heteroatoms. The first-order valence-corrected chi connectivity index (χ1v) is 12.1. The molecule has 0 saturated heterocycles. The molecule has 1 aromatic carbocycles. The molecule has 0 aromatic heterocycles. The fourth-order valence-corrected chi connectivity index (χ4v) is 6.59. The average molecular weight is 249 g/mol. The maximum absolute atomic E-state index is 6.29. The van der Waals surface area contributed by atoms with Gasteiger partial charge in [-0.3, -0.25) is 0 Å². The lowest BCUT2D eigenvalue weighted by molar-refractivity contribution is 1.28. The number of benzene rings is 1. The first kappa shape index (κ1) is 11.3. The van der Waals surface area contributed by atoms with E-state index in [9.17, 15) is 0 Å². The third-order valence-corrected chi connectivity index (χ3v) is 12.6. The van der Waals surface area contributed by atoms with Crippen molar-refractivity contribution in [2.24, 2.45) is 0 Å². The smallest absolute Gasteiger partial charge is 0.172 e. The Morgan fingerprint density at radius 2 is 1.77 bits per heavy atom. The number of rotatable bonds is 2. The van der Waals surface area contributed by atoms with Crippen LogP contribution in [0.3, 0.4) is 0 Å². The van der Waals surface area contributed by atoms with E-state index in [0.717, 1.165) is 0 Å². The monoisotopic (exact) mass is 248 g/mol. The Morgan fingerprint density at radius 1 is 1.15 bits per heavy atom. The Balaban J connectivity index is 3.18. The quantitative estimate of drug-likeness (QED) is 0.552. The molecular formula is C9H14Cl2Si2. The van der Waals surface area contributed by atoms with Gasteiger partial charge in [0, 0.05) is 0 Å². The molecule has 1 unspecified atom stereocenters. The second-order valence-corrected chi connectivity index (χ2v) is 14.5. The van der Waals surface area contributed by atoms with Crippen molar-refractivity contribution in [3.63, 3.8) is 0 Å². The van der Waals surface area contributed by atoms with E-state index < -0.39 is 16.0 Å². The Hall–Kier alpha value is 0.234. The van der Waals surface area contributed by atoms with E-state index >= 15 is 0 Å². The second-order valence-electron chi connectivity index (χ2n) is 3.34. The summed E-state index contributed by atoms with van der Waals surface area (Å²) in [5.74, 6) is 0. The molecule has 1 aromatic rings. The summed E-state index contributed by atoms with van der Waals surface area (Å²) >= 11 is 12.2. The summed E-state index contributed by atoms with van der Waals surface area (Å²) in [6.07, 6.45) is 0. The molecule has 13 heavy (non-hydrogen) atoms. The van der Waals surface area contributed by atoms with Gasteiger partial charge in [-0.15, -0.1) is 0 Å². The standard InChI is InChI=1S/C9H14Cl2Si2/c1-6-4-5-9(13(11)12-10)8(3)7(6)2/h4-5,13H,12H2,1-3H3. The summed E-state index contributed by atoms with van der Waals surface area (Å²) in [7, 11) is -1.78. The molecule has 0 amide bonds. The summed E-state index contributed by atoms with van der Waals surface area (Å²) in [6.45, 7) is 6.44. The van der Waals surface area contributed by atoms with Gasteiger partial charge in [0.05, 0.1) is 0 Å². The molecule has 1 rings (SSSR count). The van der Waals surface area contributed by atoms with Crippen LogP contribution in [0, 0.1) is 20.8 Å². The van der Waals surface area contributed by atoms with Crippen LogP contribution in [-0.4, -0.2) is 16.0 Å². The van der Waals surface area contributed by atoms with Crippen molar-refractivity contribution in [2.45, 2.75) is 20.8 Å². The van der Waals surface area contributed by atoms with Gasteiger partial charge in [0.25, 0.3) is 0 Å². The maximum Gasteiger partial charge on any atom is 0.172 e. The summed E-state index contributed by atoms with van der Waals surface area (Å²) < 4.78 is 0. The van der Waals surface area contributed by atoms with Crippen molar-refractivity contribution < 1.29 is 0 Å². The zero-order valence-corrected chi connectivity index (χ0v) is 12.3. The van der Waals surface area contributed by atoms with Crippen molar-refractivity contribution in [2.75, 3.05) is 0 Å². The van der Waals surface area contributed by atoms with Crippen molar-refractivity contribution in [1.29, 1.82) is 0 Å². The molecule has 0 spiro atoms. The van der Waals surface area contributed by atoms with Gasteiger partial charge < -0.3 is 0 Å². The first-order chi connectivity index (χ1) is 6.07. The topological polar surface area (TPSA) is 0 Å². The molecule has 0 nitrogen and oxygen atoms in total. The SMILES string of the molecule is Cc1ccc([SiH](Cl)[SiH2]Cl)c(C)c1C. The van der Waals surface area contributed by atoms with Crippen LogP contribution >= 0.6 is 22.2 Å². The molecule has 0 bridgehead atoms. The molecule has 0 aliphatic carbocycles. The van der Waals surface area contributed by atoms with Crippen LogP contribution in [0.1, 0.15) is 16.7 Å². The molecule has 0 aliphatic heterocycles. The highest BCUT2D eigenvalue weighted by molar-refractivity contribution is 7.53. The van der Waals surface area contributed by atoms with Gasteiger partial charge in [0.2, 0.25) is 0 Å². The largest absolute Gasteiger partial charge is 0.178 e. The fourth-order valence-electron chi connectivity index (χ4n) is 1.40. The van der Waals surface area contributed by atoms with E-state index in [1.54, 1.807) is 0 Å². The van der Waals surface area contributed by atoms with Gasteiger partial charge >= 0.3 is 0 Å². The molecule has 0 radical (unpaired) electrons. The van der Waals surface area contributed by atoms with Gasteiger partial charge in [-0.05, 0) is 42.6 Å². The summed E-state index contributed by atoms with van der Waals surface area (Å²) in [5, 5.41) is 1.35. The van der Waals surface area contributed by atoms with Crippen LogP contribution in [0.15, 0.2) is 12.1 Å². The predicted octanol–water partition coefficient (Wildman–Crippen LogP) is 1.60. The number of aryl methyl sites for hydroxylation is 1. The summed E-state index contributed by atoms with van der Waals surface area (Å²) in [4.78, 5) is 0. The van der Waals surface area contributed by atoms with E-state index in [2.05, 4.69) is 32.9 Å². The molecular weight excluding hydrogens is 235 g/mol. The highest BCUT2D eigenvalue weighted by atomic mass is 35.6. The van der Waals surface area contributed by atoms with E-state index in [1.807, 2.05) is 0 Å². The predicted molar refractivity (Wildman–Crippen MR) is 67.7 cm³/mol. The number of halogens is 2. The zero-order valence-electron chi connectivity index (χ0n) is 8.20. The average Bonchev–Trinajstić information content (AvgIpc) is 2.13. The molecule has 1 atom stereocenters. The van der Waals surface area contributed by atoms with Crippen LogP contribution in [0.2, 0.25) is 0 Å². The summed E-state index contributed by atoms with van der Waals surface area (Å²) in [5.41, 5.74) is 4.07. The molecule has 0 fully saturated rings. The minimum absolute atomic E-state index is 0.533. The van der Waals surface area contributed by atoms with Crippen molar-refractivity contribution in [3.05, 3.63) is 28.8 Å². The lowest BCUT2D eigenvalue weighted by Gasteiger charge is -2.12. The van der Waals surface area contributed by atoms with E-state index in [1.165, 1.54) is 21.9 Å². The third-order valence-electron chi connectivity index (χ3n) is 2.57. The minimum Gasteiger partial charge on any atom is -0.178 e. The van der Waals surface area contributed by atoms with Crippen molar-refractivity contribution in [3.8, 4) is 0 Å². The van der Waals surface area contributed by atoms with Crippen molar-refractivity contribution >= 4 is 43.3 Å². The van der Waals surface area contributed by atoms with Crippen LogP contribution < -0.4 is 5.19 Å². The van der Waals surface area contributed by atoms with Crippen LogP contribution in [0.4, 0.5) is 0 Å². The lowest BCUT2D eigenvalue weighted by atomic mass is 10.1. The molecule has 0 aliphatic rings. The Kier molecular flexibility index (Phi) is 4.04. The minimum atomic E-state index is -1.25. The van der Waals surface area contributed by atoms with E-state index in [-0.39, 0.29) is 0 Å². The highest BCUT2D eigenvalue weighted by Gasteiger charge is 2.13. The Morgan fingerprint density at radius 3 is 2.31 bits per heavy atom. The zero-order chi connectivity index (χ0) is 10.0. The van der Waals surface area contributed by atoms with Gasteiger partial charge in [-0.2, -0.15) is 22.2 Å². The van der Waals surface area contributed by atoms with Crippen LogP contribution in [-0.2, 0) is 0 Å². The fraction of sp³-hybridized carbons (Fsp3) is 0.333. The van der Waals surface area contributed by atoms with Crippen LogP contribution in [0.25, 0.3) is 0 Å². The highest BCUT2D eigenvalue weighted by Crippen LogP contribution is 2.11. The molecule has 72 valence electrons. The second kappa shape index (κ2) is 4.64. The number of hydrogen-bond acceptors (Lipinski definition) is 0. The van der Waals surface area contributed by atoms with E-state index in [4.69, 9.17) is 22.2 Å². The third kappa shape index (κ3) is 2.37. The van der Waals surface area contributed by atoms with E-state index in [0.29, 0.717) is 0 Å². The van der Waals surface area contributed by atoms with Crippen molar-refractivity contribution in [1.82, 2.24) is 0 Å². The van der Waals surface area contributed by atoms with Gasteiger partial charge in [-0.1, -0.05) is 12.1 Å². The number of hydrogen-bond donors (Lipinski definition) is 0. The normalized spacial score (nSPS) is 13.9.